The molecular formula is C19H38O5. The van der Waals surface area contributed by atoms with Gasteiger partial charge in [-0.25, -0.2) is 0 Å². The van der Waals surface area contributed by atoms with E-state index < -0.39 is 5.97 Å². The molecule has 0 amide bonds. The lowest BCUT2D eigenvalue weighted by Gasteiger charge is -2.36. The maximum Gasteiger partial charge on any atom is 0.285 e. The molecule has 0 aliphatic carbocycles. The second kappa shape index (κ2) is 13.1. The number of unbranched alkanes of at least 4 members (excludes halogenated alkanes) is 5. The quantitative estimate of drug-likeness (QED) is 0.304. The molecule has 5 nitrogen and oxygen atoms in total. The summed E-state index contributed by atoms with van der Waals surface area (Å²) in [6, 6.07) is 0. The Morgan fingerprint density at radius 2 is 1.50 bits per heavy atom. The summed E-state index contributed by atoms with van der Waals surface area (Å²) in [6.45, 7) is 3.78. The van der Waals surface area contributed by atoms with Gasteiger partial charge in [-0.2, -0.15) is 0 Å². The molecular weight excluding hydrogens is 308 g/mol. The van der Waals surface area contributed by atoms with Crippen LogP contribution in [0.15, 0.2) is 0 Å². The van der Waals surface area contributed by atoms with Crippen molar-refractivity contribution in [2.75, 3.05) is 34.5 Å². The van der Waals surface area contributed by atoms with Crippen LogP contribution in [-0.2, 0) is 23.7 Å². The van der Waals surface area contributed by atoms with Crippen molar-refractivity contribution in [1.82, 2.24) is 0 Å². The largest absolute Gasteiger partial charge is 0.353 e. The van der Waals surface area contributed by atoms with E-state index >= 15 is 0 Å². The van der Waals surface area contributed by atoms with Crippen molar-refractivity contribution in [2.45, 2.75) is 83.4 Å². The lowest BCUT2D eigenvalue weighted by molar-refractivity contribution is -0.380. The second-order valence-electron chi connectivity index (χ2n) is 6.57. The molecule has 0 aromatic heterocycles. The summed E-state index contributed by atoms with van der Waals surface area (Å²) >= 11 is 0. The van der Waals surface area contributed by atoms with Crippen LogP contribution in [0.3, 0.4) is 0 Å². The summed E-state index contributed by atoms with van der Waals surface area (Å²) < 4.78 is 27.7. The van der Waals surface area contributed by atoms with Gasteiger partial charge in [0, 0.05) is 40.3 Å². The number of hydrogen-bond acceptors (Lipinski definition) is 5. The predicted molar refractivity (Wildman–Crippen MR) is 94.8 cm³/mol. The predicted octanol–water partition coefficient (Wildman–Crippen LogP) is 4.49. The molecule has 0 N–H and O–H groups in total. The minimum Gasteiger partial charge on any atom is -0.353 e. The average molecular weight is 347 g/mol. The van der Waals surface area contributed by atoms with E-state index in [4.69, 9.17) is 23.7 Å². The molecule has 0 aromatic carbocycles. The zero-order valence-electron chi connectivity index (χ0n) is 16.2. The number of rotatable bonds is 16. The van der Waals surface area contributed by atoms with E-state index in [1.54, 1.807) is 21.3 Å². The molecule has 2 atom stereocenters. The maximum atomic E-state index is 5.67. The molecule has 1 fully saturated rings. The van der Waals surface area contributed by atoms with Crippen molar-refractivity contribution in [3.63, 3.8) is 0 Å². The molecule has 0 spiro atoms. The first-order valence-electron chi connectivity index (χ1n) is 9.61. The number of ether oxygens (including phenoxy) is 5. The summed E-state index contributed by atoms with van der Waals surface area (Å²) in [5, 5.41) is 0. The van der Waals surface area contributed by atoms with Crippen LogP contribution in [0.25, 0.3) is 0 Å². The van der Waals surface area contributed by atoms with E-state index in [0.29, 0.717) is 6.61 Å². The summed E-state index contributed by atoms with van der Waals surface area (Å²) in [5.41, 5.74) is 0. The van der Waals surface area contributed by atoms with Crippen LogP contribution in [0.5, 0.6) is 0 Å². The van der Waals surface area contributed by atoms with Crippen molar-refractivity contribution in [3.05, 3.63) is 0 Å². The normalized spacial score (nSPS) is 19.2. The lowest BCUT2D eigenvalue weighted by Crippen LogP contribution is -2.44. The third-order valence-corrected chi connectivity index (χ3v) is 4.92. The molecule has 0 bridgehead atoms. The molecule has 1 aliphatic rings. The number of hydrogen-bond donors (Lipinski definition) is 0. The first-order chi connectivity index (χ1) is 11.7. The van der Waals surface area contributed by atoms with Gasteiger partial charge in [-0.1, -0.05) is 45.4 Å². The monoisotopic (exact) mass is 346 g/mol. The van der Waals surface area contributed by atoms with Crippen LogP contribution in [0.4, 0.5) is 0 Å². The highest BCUT2D eigenvalue weighted by atomic mass is 16.9. The molecule has 0 radical (unpaired) electrons. The van der Waals surface area contributed by atoms with Gasteiger partial charge in [0.2, 0.25) is 0 Å². The fourth-order valence-electron chi connectivity index (χ4n) is 3.31. The highest BCUT2D eigenvalue weighted by molar-refractivity contribution is 4.72. The zero-order valence-corrected chi connectivity index (χ0v) is 16.2. The van der Waals surface area contributed by atoms with Crippen molar-refractivity contribution in [1.29, 1.82) is 0 Å². The van der Waals surface area contributed by atoms with Crippen LogP contribution in [0.1, 0.15) is 71.1 Å². The van der Waals surface area contributed by atoms with Crippen molar-refractivity contribution >= 4 is 0 Å². The first kappa shape index (κ1) is 21.8. The molecule has 1 heterocycles. The van der Waals surface area contributed by atoms with E-state index in [-0.39, 0.29) is 12.2 Å². The van der Waals surface area contributed by atoms with Crippen LogP contribution >= 0.6 is 0 Å². The van der Waals surface area contributed by atoms with Gasteiger partial charge in [0.15, 0.2) is 6.29 Å². The molecule has 0 saturated carbocycles. The lowest BCUT2D eigenvalue weighted by atomic mass is 9.93. The van der Waals surface area contributed by atoms with Gasteiger partial charge in [-0.05, 0) is 19.3 Å². The topological polar surface area (TPSA) is 46.2 Å². The highest BCUT2D eigenvalue weighted by Crippen LogP contribution is 2.32. The third kappa shape index (κ3) is 7.36. The van der Waals surface area contributed by atoms with Crippen LogP contribution in [0.2, 0.25) is 0 Å². The molecule has 1 saturated heterocycles. The Bertz CT molecular complexity index is 281. The third-order valence-electron chi connectivity index (χ3n) is 4.92. The van der Waals surface area contributed by atoms with Crippen LogP contribution in [0, 0.1) is 5.92 Å². The smallest absolute Gasteiger partial charge is 0.285 e. The van der Waals surface area contributed by atoms with Gasteiger partial charge >= 0.3 is 0 Å². The number of methoxy groups -OCH3 is 3. The maximum absolute atomic E-state index is 5.67. The Labute approximate surface area is 148 Å². The Balaban J connectivity index is 2.35. The summed E-state index contributed by atoms with van der Waals surface area (Å²) in [6.07, 6.45) is 11.7. The minimum absolute atomic E-state index is 0.0130. The van der Waals surface area contributed by atoms with Crippen LogP contribution in [-0.4, -0.2) is 46.8 Å². The molecule has 1 rings (SSSR count). The van der Waals surface area contributed by atoms with Gasteiger partial charge in [-0.3, -0.25) is 0 Å². The molecule has 0 aromatic rings. The average Bonchev–Trinajstić information content (AvgIpc) is 2.57. The van der Waals surface area contributed by atoms with Gasteiger partial charge in [-0.15, -0.1) is 0 Å². The SMILES string of the molecule is CCCCCCCCC(CCCOC1CCO1)C(OC)(OC)OC. The Morgan fingerprint density at radius 3 is 2.04 bits per heavy atom. The fourth-order valence-corrected chi connectivity index (χ4v) is 3.31. The zero-order chi connectivity index (χ0) is 17.7. The Kier molecular flexibility index (Phi) is 11.9. The van der Waals surface area contributed by atoms with Gasteiger partial charge in [0.25, 0.3) is 5.97 Å². The molecule has 5 heteroatoms. The van der Waals surface area contributed by atoms with E-state index in [2.05, 4.69) is 6.92 Å². The molecule has 144 valence electrons. The minimum atomic E-state index is -0.948. The highest BCUT2D eigenvalue weighted by Gasteiger charge is 2.39. The van der Waals surface area contributed by atoms with Crippen molar-refractivity contribution < 1.29 is 23.7 Å². The van der Waals surface area contributed by atoms with E-state index in [9.17, 15) is 0 Å². The fraction of sp³-hybridized carbons (Fsp3) is 1.00. The second-order valence-corrected chi connectivity index (χ2v) is 6.57. The Morgan fingerprint density at radius 1 is 0.917 bits per heavy atom. The Hall–Kier alpha value is -0.200. The van der Waals surface area contributed by atoms with Crippen LogP contribution < -0.4 is 0 Å². The molecule has 2 unspecified atom stereocenters. The summed E-state index contributed by atoms with van der Waals surface area (Å²) in [7, 11) is 4.96. The standard InChI is InChI=1S/C19H38O5/c1-5-6-7-8-9-10-12-17(19(20-2,21-3)22-4)13-11-15-23-18-14-16-24-18/h17-18H,5-16H2,1-4H3. The first-order valence-corrected chi connectivity index (χ1v) is 9.61. The van der Waals surface area contributed by atoms with E-state index in [1.807, 2.05) is 0 Å². The summed E-state index contributed by atoms with van der Waals surface area (Å²) in [5.74, 6) is -0.745. The van der Waals surface area contributed by atoms with Gasteiger partial charge in [0.05, 0.1) is 6.61 Å². The molecule has 24 heavy (non-hydrogen) atoms. The van der Waals surface area contributed by atoms with Gasteiger partial charge in [0.1, 0.15) is 0 Å². The van der Waals surface area contributed by atoms with Crippen molar-refractivity contribution in [2.24, 2.45) is 5.92 Å². The van der Waals surface area contributed by atoms with Crippen molar-refractivity contribution in [3.8, 4) is 0 Å². The van der Waals surface area contributed by atoms with E-state index in [0.717, 1.165) is 32.3 Å². The van der Waals surface area contributed by atoms with Gasteiger partial charge < -0.3 is 23.7 Å². The molecule has 1 aliphatic heterocycles. The van der Waals surface area contributed by atoms with E-state index in [1.165, 1.54) is 38.5 Å². The summed E-state index contributed by atoms with van der Waals surface area (Å²) in [4.78, 5) is 0.